The SMILES string of the molecule is C[C@@H]1Cc2cc(/C=C3/SC(=S)N(CCc4ccccc4)C3=O)ccc2O1. The third-order valence-electron chi connectivity index (χ3n) is 4.56. The molecule has 2 aliphatic heterocycles. The van der Waals surface area contributed by atoms with E-state index in [9.17, 15) is 4.79 Å². The van der Waals surface area contributed by atoms with E-state index in [4.69, 9.17) is 17.0 Å². The largest absolute Gasteiger partial charge is 0.490 e. The maximum atomic E-state index is 12.8. The molecule has 0 saturated carbocycles. The zero-order valence-corrected chi connectivity index (χ0v) is 16.1. The lowest BCUT2D eigenvalue weighted by Gasteiger charge is -2.14. The highest BCUT2D eigenvalue weighted by Gasteiger charge is 2.31. The van der Waals surface area contributed by atoms with Gasteiger partial charge in [-0.25, -0.2) is 0 Å². The van der Waals surface area contributed by atoms with Crippen molar-refractivity contribution in [3.8, 4) is 5.75 Å². The van der Waals surface area contributed by atoms with Crippen LogP contribution in [0, 0.1) is 0 Å². The van der Waals surface area contributed by atoms with E-state index >= 15 is 0 Å². The Hall–Kier alpha value is -2.11. The molecule has 1 atom stereocenters. The van der Waals surface area contributed by atoms with E-state index in [1.165, 1.54) is 22.9 Å². The fourth-order valence-electron chi connectivity index (χ4n) is 3.26. The summed E-state index contributed by atoms with van der Waals surface area (Å²) in [5, 5.41) is 0. The van der Waals surface area contributed by atoms with Crippen molar-refractivity contribution in [1.29, 1.82) is 0 Å². The molecule has 0 spiro atoms. The Kier molecular flexibility index (Phi) is 4.83. The summed E-state index contributed by atoms with van der Waals surface area (Å²) < 4.78 is 6.37. The number of ether oxygens (including phenoxy) is 1. The first kappa shape index (κ1) is 17.3. The van der Waals surface area contributed by atoms with Crippen molar-refractivity contribution < 1.29 is 9.53 Å². The standard InChI is InChI=1S/C21H19NO2S2/c1-14-11-17-12-16(7-8-18(17)24-14)13-19-20(23)22(21(25)26-19)10-9-15-5-3-2-4-6-15/h2-8,12-14H,9-11H2,1H3/b19-13+/t14-/m1/s1. The van der Waals surface area contributed by atoms with Crippen molar-refractivity contribution in [2.75, 3.05) is 6.54 Å². The van der Waals surface area contributed by atoms with E-state index in [0.717, 1.165) is 24.2 Å². The second kappa shape index (κ2) is 7.25. The smallest absolute Gasteiger partial charge is 0.266 e. The number of fused-ring (bicyclic) bond motifs is 1. The lowest BCUT2D eigenvalue weighted by molar-refractivity contribution is -0.122. The third-order valence-corrected chi connectivity index (χ3v) is 5.94. The number of thioether (sulfide) groups is 1. The number of hydrogen-bond acceptors (Lipinski definition) is 4. The van der Waals surface area contributed by atoms with Crippen LogP contribution in [-0.2, 0) is 17.6 Å². The number of carbonyl (C=O) groups is 1. The molecule has 0 N–H and O–H groups in total. The molecule has 2 heterocycles. The van der Waals surface area contributed by atoms with Gasteiger partial charge in [0, 0.05) is 13.0 Å². The minimum absolute atomic E-state index is 0.000970. The van der Waals surface area contributed by atoms with Gasteiger partial charge in [-0.2, -0.15) is 0 Å². The van der Waals surface area contributed by atoms with Crippen LogP contribution >= 0.6 is 24.0 Å². The van der Waals surface area contributed by atoms with Gasteiger partial charge >= 0.3 is 0 Å². The van der Waals surface area contributed by atoms with Gasteiger partial charge in [0.25, 0.3) is 5.91 Å². The van der Waals surface area contributed by atoms with Crippen molar-refractivity contribution >= 4 is 40.3 Å². The van der Waals surface area contributed by atoms with Gasteiger partial charge < -0.3 is 4.74 Å². The van der Waals surface area contributed by atoms with Gasteiger partial charge in [-0.15, -0.1) is 0 Å². The number of thiocarbonyl (C=S) groups is 1. The molecule has 0 aliphatic carbocycles. The molecule has 2 aromatic rings. The van der Waals surface area contributed by atoms with Crippen LogP contribution in [0.5, 0.6) is 5.75 Å². The predicted octanol–water partition coefficient (Wildman–Crippen LogP) is 4.45. The molecule has 2 aliphatic rings. The molecule has 1 amide bonds. The Morgan fingerprint density at radius 2 is 2.08 bits per heavy atom. The molecule has 0 aromatic heterocycles. The highest BCUT2D eigenvalue weighted by atomic mass is 32.2. The van der Waals surface area contributed by atoms with Crippen LogP contribution in [0.15, 0.2) is 53.4 Å². The zero-order valence-electron chi connectivity index (χ0n) is 14.5. The van der Waals surface area contributed by atoms with Gasteiger partial charge in [0.1, 0.15) is 16.2 Å². The molecule has 5 heteroatoms. The summed E-state index contributed by atoms with van der Waals surface area (Å²) in [6.07, 6.45) is 3.87. The average molecular weight is 382 g/mol. The van der Waals surface area contributed by atoms with Crippen LogP contribution in [0.2, 0.25) is 0 Å². The second-order valence-electron chi connectivity index (χ2n) is 6.57. The lowest BCUT2D eigenvalue weighted by atomic mass is 10.1. The maximum Gasteiger partial charge on any atom is 0.266 e. The number of rotatable bonds is 4. The molecule has 0 radical (unpaired) electrons. The summed E-state index contributed by atoms with van der Waals surface area (Å²) in [5.41, 5.74) is 3.43. The molecule has 1 saturated heterocycles. The van der Waals surface area contributed by atoms with Crippen molar-refractivity contribution in [2.24, 2.45) is 0 Å². The molecule has 0 bridgehead atoms. The highest BCUT2D eigenvalue weighted by Crippen LogP contribution is 2.34. The average Bonchev–Trinajstić information content (AvgIpc) is 3.13. The molecule has 26 heavy (non-hydrogen) atoms. The number of nitrogens with zero attached hydrogens (tertiary/aromatic N) is 1. The summed E-state index contributed by atoms with van der Waals surface area (Å²) in [6, 6.07) is 16.2. The number of hydrogen-bond donors (Lipinski definition) is 0. The minimum atomic E-state index is 0.000970. The summed E-state index contributed by atoms with van der Waals surface area (Å²) in [6.45, 7) is 2.68. The van der Waals surface area contributed by atoms with Gasteiger partial charge in [-0.05, 0) is 48.2 Å². The molecule has 3 nitrogen and oxygen atoms in total. The topological polar surface area (TPSA) is 29.5 Å². The zero-order chi connectivity index (χ0) is 18.1. The predicted molar refractivity (Wildman–Crippen MR) is 110 cm³/mol. The van der Waals surface area contributed by atoms with Crippen LogP contribution in [-0.4, -0.2) is 27.8 Å². The number of amides is 1. The molecule has 0 unspecified atom stereocenters. The number of carbonyl (C=O) groups excluding carboxylic acids is 1. The fraction of sp³-hybridized carbons (Fsp3) is 0.238. The maximum absolute atomic E-state index is 12.8. The molecular weight excluding hydrogens is 362 g/mol. The van der Waals surface area contributed by atoms with Gasteiger partial charge in [-0.3, -0.25) is 9.69 Å². The van der Waals surface area contributed by atoms with E-state index in [2.05, 4.69) is 25.1 Å². The summed E-state index contributed by atoms with van der Waals surface area (Å²) in [4.78, 5) is 15.1. The van der Waals surface area contributed by atoms with Crippen LogP contribution < -0.4 is 4.74 Å². The van der Waals surface area contributed by atoms with Crippen LogP contribution in [0.3, 0.4) is 0 Å². The third kappa shape index (κ3) is 3.55. The van der Waals surface area contributed by atoms with Crippen LogP contribution in [0.1, 0.15) is 23.6 Å². The Labute approximate surface area is 163 Å². The van der Waals surface area contributed by atoms with Gasteiger partial charge in [0.15, 0.2) is 0 Å². The Morgan fingerprint density at radius 1 is 1.27 bits per heavy atom. The Bertz CT molecular complexity index is 892. The van der Waals surface area contributed by atoms with Gasteiger partial charge in [0.2, 0.25) is 0 Å². The highest BCUT2D eigenvalue weighted by molar-refractivity contribution is 8.26. The molecule has 4 rings (SSSR count). The monoisotopic (exact) mass is 381 g/mol. The van der Waals surface area contributed by atoms with E-state index in [0.29, 0.717) is 15.8 Å². The Balaban J connectivity index is 1.48. The first-order valence-electron chi connectivity index (χ1n) is 8.69. The summed E-state index contributed by atoms with van der Waals surface area (Å²) in [7, 11) is 0. The van der Waals surface area contributed by atoms with E-state index in [1.807, 2.05) is 36.4 Å². The first-order chi connectivity index (χ1) is 12.6. The fourth-order valence-corrected chi connectivity index (χ4v) is 4.57. The van der Waals surface area contributed by atoms with Crippen molar-refractivity contribution in [1.82, 2.24) is 4.90 Å². The van der Waals surface area contributed by atoms with Gasteiger partial charge in [-0.1, -0.05) is 60.4 Å². The van der Waals surface area contributed by atoms with E-state index < -0.39 is 0 Å². The summed E-state index contributed by atoms with van der Waals surface area (Å²) >= 11 is 6.81. The van der Waals surface area contributed by atoms with Crippen molar-refractivity contribution in [3.63, 3.8) is 0 Å². The molecule has 132 valence electrons. The lowest BCUT2D eigenvalue weighted by Crippen LogP contribution is -2.30. The van der Waals surface area contributed by atoms with Crippen LogP contribution in [0.4, 0.5) is 0 Å². The second-order valence-corrected chi connectivity index (χ2v) is 8.24. The van der Waals surface area contributed by atoms with Crippen molar-refractivity contribution in [3.05, 3.63) is 70.1 Å². The van der Waals surface area contributed by atoms with E-state index in [-0.39, 0.29) is 12.0 Å². The van der Waals surface area contributed by atoms with Crippen molar-refractivity contribution in [2.45, 2.75) is 25.9 Å². The molecular formula is C21H19NO2S2. The minimum Gasteiger partial charge on any atom is -0.490 e. The quantitative estimate of drug-likeness (QED) is 0.578. The molecule has 2 aromatic carbocycles. The number of benzene rings is 2. The Morgan fingerprint density at radius 3 is 2.88 bits per heavy atom. The van der Waals surface area contributed by atoms with Gasteiger partial charge in [0.05, 0.1) is 4.91 Å². The van der Waals surface area contributed by atoms with Crippen LogP contribution in [0.25, 0.3) is 6.08 Å². The molecule has 1 fully saturated rings. The first-order valence-corrected chi connectivity index (χ1v) is 9.91. The van der Waals surface area contributed by atoms with E-state index in [1.54, 1.807) is 4.90 Å². The summed E-state index contributed by atoms with van der Waals surface area (Å²) in [5.74, 6) is 0.950. The normalized spacial score (nSPS) is 20.6.